The largest absolute Gasteiger partial charge is 0.430 e. The number of rotatable bonds is 6. The predicted octanol–water partition coefficient (Wildman–Crippen LogP) is 1.79. The summed E-state index contributed by atoms with van der Waals surface area (Å²) in [5, 5.41) is 7.34. The van der Waals surface area contributed by atoms with E-state index in [0.717, 1.165) is 16.3 Å². The van der Waals surface area contributed by atoms with Gasteiger partial charge in [-0.15, -0.1) is 0 Å². The van der Waals surface area contributed by atoms with Crippen molar-refractivity contribution in [3.63, 3.8) is 0 Å². The summed E-state index contributed by atoms with van der Waals surface area (Å²) in [4.78, 5) is 40.2. The third-order valence-corrected chi connectivity index (χ3v) is 4.99. The highest BCUT2D eigenvalue weighted by atomic mass is 79.9. The molecule has 4 aromatic rings. The molecule has 0 saturated carbocycles. The van der Waals surface area contributed by atoms with Crippen molar-refractivity contribution in [2.24, 2.45) is 0 Å². The van der Waals surface area contributed by atoms with Crippen molar-refractivity contribution >= 4 is 32.9 Å². The fourth-order valence-corrected chi connectivity index (χ4v) is 3.19. The summed E-state index contributed by atoms with van der Waals surface area (Å²) < 4.78 is 8.74. The Morgan fingerprint density at radius 1 is 1.13 bits per heavy atom. The van der Waals surface area contributed by atoms with Gasteiger partial charge in [-0.1, -0.05) is 28.1 Å². The molecule has 4 rings (SSSR count). The van der Waals surface area contributed by atoms with Crippen molar-refractivity contribution in [3.8, 4) is 0 Å². The van der Waals surface area contributed by atoms with Crippen LogP contribution in [0.25, 0.3) is 11.0 Å². The van der Waals surface area contributed by atoms with E-state index in [0.29, 0.717) is 24.1 Å². The van der Waals surface area contributed by atoms with Crippen LogP contribution in [0.5, 0.6) is 0 Å². The SMILES string of the molecule is O=C(NCCn1ncc2c(=O)n(Cc3ccc(Br)cc3)cnc21)c1ccc(=O)oc1. The number of carbonyl (C=O) groups excluding carboxylic acids is 1. The number of amides is 1. The summed E-state index contributed by atoms with van der Waals surface area (Å²) in [6, 6.07) is 10.3. The monoisotopic (exact) mass is 469 g/mol. The van der Waals surface area contributed by atoms with E-state index in [-0.39, 0.29) is 23.6 Å². The Balaban J connectivity index is 1.45. The third kappa shape index (κ3) is 4.23. The van der Waals surface area contributed by atoms with Gasteiger partial charge >= 0.3 is 5.63 Å². The molecule has 0 bridgehead atoms. The summed E-state index contributed by atoms with van der Waals surface area (Å²) >= 11 is 3.39. The quantitative estimate of drug-likeness (QED) is 0.460. The standard InChI is InChI=1S/C20H16BrN5O4/c21-15-4-1-13(2-5-15)10-25-12-23-18-16(20(25)29)9-24-26(18)8-7-22-19(28)14-3-6-17(27)30-11-14/h1-6,9,11-12H,7-8,10H2,(H,22,28). The second-order valence-electron chi connectivity index (χ2n) is 6.51. The van der Waals surface area contributed by atoms with Gasteiger partial charge in [-0.05, 0) is 23.8 Å². The van der Waals surface area contributed by atoms with Gasteiger partial charge in [0, 0.05) is 17.1 Å². The van der Waals surface area contributed by atoms with Crippen LogP contribution in [0.4, 0.5) is 0 Å². The fourth-order valence-electron chi connectivity index (χ4n) is 2.92. The first kappa shape index (κ1) is 19.8. The lowest BCUT2D eigenvalue weighted by Crippen LogP contribution is -2.28. The van der Waals surface area contributed by atoms with Crippen LogP contribution >= 0.6 is 15.9 Å². The number of nitrogens with one attached hydrogen (secondary N) is 1. The number of carbonyl (C=O) groups is 1. The molecule has 9 nitrogen and oxygen atoms in total. The smallest absolute Gasteiger partial charge is 0.335 e. The van der Waals surface area contributed by atoms with Crippen molar-refractivity contribution in [2.45, 2.75) is 13.1 Å². The van der Waals surface area contributed by atoms with Gasteiger partial charge in [0.2, 0.25) is 0 Å². The summed E-state index contributed by atoms with van der Waals surface area (Å²) in [6.45, 7) is 0.997. The first-order chi connectivity index (χ1) is 14.5. The molecular weight excluding hydrogens is 454 g/mol. The molecule has 1 amide bonds. The van der Waals surface area contributed by atoms with E-state index in [4.69, 9.17) is 0 Å². The molecule has 3 heterocycles. The van der Waals surface area contributed by atoms with E-state index >= 15 is 0 Å². The highest BCUT2D eigenvalue weighted by Gasteiger charge is 2.11. The molecular formula is C20H16BrN5O4. The lowest BCUT2D eigenvalue weighted by atomic mass is 10.2. The van der Waals surface area contributed by atoms with Gasteiger partial charge in [0.15, 0.2) is 5.65 Å². The molecule has 0 unspecified atom stereocenters. The molecule has 0 spiro atoms. The van der Waals surface area contributed by atoms with Gasteiger partial charge in [0.05, 0.1) is 24.8 Å². The molecule has 10 heteroatoms. The zero-order chi connectivity index (χ0) is 21.1. The van der Waals surface area contributed by atoms with Crippen molar-refractivity contribution < 1.29 is 9.21 Å². The minimum atomic E-state index is -0.522. The zero-order valence-corrected chi connectivity index (χ0v) is 17.2. The molecule has 3 aromatic heterocycles. The number of nitrogens with zero attached hydrogens (tertiary/aromatic N) is 4. The van der Waals surface area contributed by atoms with E-state index in [9.17, 15) is 14.4 Å². The Morgan fingerprint density at radius 2 is 1.93 bits per heavy atom. The second kappa shape index (κ2) is 8.46. The second-order valence-corrected chi connectivity index (χ2v) is 7.42. The number of fused-ring (bicyclic) bond motifs is 1. The molecule has 0 radical (unpaired) electrons. The van der Waals surface area contributed by atoms with Gasteiger partial charge in [0.25, 0.3) is 11.5 Å². The minimum Gasteiger partial charge on any atom is -0.430 e. The highest BCUT2D eigenvalue weighted by molar-refractivity contribution is 9.10. The average Bonchev–Trinajstić information content (AvgIpc) is 3.16. The number of benzene rings is 1. The first-order valence-corrected chi connectivity index (χ1v) is 9.83. The predicted molar refractivity (Wildman–Crippen MR) is 112 cm³/mol. The van der Waals surface area contributed by atoms with E-state index < -0.39 is 5.63 Å². The molecule has 0 aliphatic heterocycles. The molecule has 0 fully saturated rings. The fraction of sp³-hybridized carbons (Fsp3) is 0.150. The van der Waals surface area contributed by atoms with Crippen LogP contribution in [-0.4, -0.2) is 31.8 Å². The van der Waals surface area contributed by atoms with Crippen LogP contribution < -0.4 is 16.5 Å². The maximum atomic E-state index is 12.8. The molecule has 0 saturated heterocycles. The Bertz CT molecular complexity index is 1300. The third-order valence-electron chi connectivity index (χ3n) is 4.46. The van der Waals surface area contributed by atoms with Crippen LogP contribution in [0.3, 0.4) is 0 Å². The average molecular weight is 470 g/mol. The van der Waals surface area contributed by atoms with E-state index in [1.807, 2.05) is 24.3 Å². The Kier molecular flexibility index (Phi) is 5.57. The highest BCUT2D eigenvalue weighted by Crippen LogP contribution is 2.12. The molecule has 1 aromatic carbocycles. The molecule has 0 aliphatic carbocycles. The lowest BCUT2D eigenvalue weighted by Gasteiger charge is -2.07. The summed E-state index contributed by atoms with van der Waals surface area (Å²) in [5.74, 6) is -0.375. The minimum absolute atomic E-state index is 0.183. The van der Waals surface area contributed by atoms with Crippen LogP contribution in [0, 0.1) is 0 Å². The van der Waals surface area contributed by atoms with Crippen molar-refractivity contribution in [3.05, 3.63) is 91.6 Å². The van der Waals surface area contributed by atoms with Gasteiger partial charge in [-0.3, -0.25) is 14.2 Å². The molecule has 30 heavy (non-hydrogen) atoms. The zero-order valence-electron chi connectivity index (χ0n) is 15.6. The summed E-state index contributed by atoms with van der Waals surface area (Å²) in [5.41, 5.74) is 0.970. The molecule has 0 atom stereocenters. The van der Waals surface area contributed by atoms with Gasteiger partial charge in [0.1, 0.15) is 18.0 Å². The summed E-state index contributed by atoms with van der Waals surface area (Å²) in [6.07, 6.45) is 4.09. The van der Waals surface area contributed by atoms with Crippen molar-refractivity contribution in [2.75, 3.05) is 6.54 Å². The Morgan fingerprint density at radius 3 is 2.67 bits per heavy atom. The maximum absolute atomic E-state index is 12.8. The molecule has 0 aliphatic rings. The van der Waals surface area contributed by atoms with Crippen LogP contribution in [0.1, 0.15) is 15.9 Å². The van der Waals surface area contributed by atoms with E-state index in [1.165, 1.54) is 29.2 Å². The van der Waals surface area contributed by atoms with Gasteiger partial charge < -0.3 is 9.73 Å². The van der Waals surface area contributed by atoms with E-state index in [2.05, 4.69) is 35.7 Å². The number of halogens is 1. The number of aromatic nitrogens is 4. The topological polar surface area (TPSA) is 112 Å². The summed E-state index contributed by atoms with van der Waals surface area (Å²) in [7, 11) is 0. The van der Waals surface area contributed by atoms with Crippen molar-refractivity contribution in [1.29, 1.82) is 0 Å². The van der Waals surface area contributed by atoms with Crippen molar-refractivity contribution in [1.82, 2.24) is 24.6 Å². The van der Waals surface area contributed by atoms with Crippen LogP contribution in [0.15, 0.2) is 73.7 Å². The maximum Gasteiger partial charge on any atom is 0.335 e. The normalized spacial score (nSPS) is 11.0. The number of hydrogen-bond donors (Lipinski definition) is 1. The van der Waals surface area contributed by atoms with E-state index in [1.54, 1.807) is 4.68 Å². The van der Waals surface area contributed by atoms with Gasteiger partial charge in [-0.2, -0.15) is 5.10 Å². The molecule has 1 N–H and O–H groups in total. The van der Waals surface area contributed by atoms with Crippen LogP contribution in [-0.2, 0) is 13.1 Å². The number of hydrogen-bond acceptors (Lipinski definition) is 6. The Hall–Kier alpha value is -3.53. The van der Waals surface area contributed by atoms with Crippen LogP contribution in [0.2, 0.25) is 0 Å². The Labute approximate surface area is 178 Å². The molecule has 152 valence electrons. The first-order valence-electron chi connectivity index (χ1n) is 9.04. The van der Waals surface area contributed by atoms with Gasteiger partial charge in [-0.25, -0.2) is 14.5 Å². The lowest BCUT2D eigenvalue weighted by molar-refractivity contribution is 0.0949.